The van der Waals surface area contributed by atoms with Crippen LogP contribution in [-0.4, -0.2) is 19.9 Å². The fourth-order valence-electron chi connectivity index (χ4n) is 1.49. The molecule has 1 aromatic carbocycles. The van der Waals surface area contributed by atoms with Crippen molar-refractivity contribution in [2.24, 2.45) is 5.73 Å². The van der Waals surface area contributed by atoms with Crippen LogP contribution in [0.3, 0.4) is 0 Å². The van der Waals surface area contributed by atoms with Crippen molar-refractivity contribution in [3.63, 3.8) is 0 Å². The number of anilines is 1. The minimum absolute atomic E-state index is 0.118. The molecule has 0 spiro atoms. The number of nitrogens with two attached hydrogens (primary N) is 1. The van der Waals surface area contributed by atoms with E-state index < -0.39 is 10.0 Å². The first-order valence-corrected chi connectivity index (χ1v) is 7.32. The summed E-state index contributed by atoms with van der Waals surface area (Å²) in [6.07, 6.45) is 2.81. The third-order valence-electron chi connectivity index (χ3n) is 2.42. The maximum absolute atomic E-state index is 12.1. The van der Waals surface area contributed by atoms with Crippen molar-refractivity contribution in [3.8, 4) is 11.8 Å². The molecule has 102 valence electrons. The normalized spacial score (nSPS) is 10.4. The van der Waals surface area contributed by atoms with Crippen LogP contribution in [0.4, 0.5) is 5.69 Å². The number of nitrogens with one attached hydrogen (secondary N) is 1. The van der Waals surface area contributed by atoms with Gasteiger partial charge in [0.15, 0.2) is 0 Å². The maximum atomic E-state index is 12.1. The van der Waals surface area contributed by atoms with E-state index in [4.69, 9.17) is 5.73 Å². The summed E-state index contributed by atoms with van der Waals surface area (Å²) in [5.74, 6) is 5.59. The van der Waals surface area contributed by atoms with Gasteiger partial charge in [-0.15, -0.1) is 0 Å². The van der Waals surface area contributed by atoms with Gasteiger partial charge in [0.1, 0.15) is 4.90 Å². The van der Waals surface area contributed by atoms with E-state index in [0.29, 0.717) is 5.69 Å². The summed E-state index contributed by atoms with van der Waals surface area (Å²) in [6, 6.07) is 9.80. The summed E-state index contributed by atoms with van der Waals surface area (Å²) in [4.78, 5) is 3.91. The minimum atomic E-state index is -3.61. The van der Waals surface area contributed by atoms with Gasteiger partial charge in [-0.25, -0.2) is 8.42 Å². The molecule has 1 heterocycles. The zero-order valence-electron chi connectivity index (χ0n) is 10.6. The molecule has 5 nitrogen and oxygen atoms in total. The van der Waals surface area contributed by atoms with Crippen molar-refractivity contribution in [1.29, 1.82) is 0 Å². The average molecular weight is 287 g/mol. The first-order valence-electron chi connectivity index (χ1n) is 5.84. The van der Waals surface area contributed by atoms with Gasteiger partial charge in [-0.3, -0.25) is 9.71 Å². The molecule has 0 saturated carbocycles. The maximum Gasteiger partial charge on any atom is 0.263 e. The van der Waals surface area contributed by atoms with Crippen molar-refractivity contribution in [3.05, 3.63) is 54.4 Å². The molecule has 0 saturated heterocycles. The van der Waals surface area contributed by atoms with Gasteiger partial charge in [-0.05, 0) is 36.4 Å². The summed E-state index contributed by atoms with van der Waals surface area (Å²) >= 11 is 0. The molecular weight excluding hydrogens is 274 g/mol. The summed E-state index contributed by atoms with van der Waals surface area (Å²) in [6.45, 7) is 0.287. The Morgan fingerprint density at radius 2 is 1.95 bits per heavy atom. The number of aromatic nitrogens is 1. The van der Waals surface area contributed by atoms with Crippen LogP contribution in [0.25, 0.3) is 0 Å². The van der Waals surface area contributed by atoms with Gasteiger partial charge in [0, 0.05) is 23.6 Å². The molecule has 1 aromatic heterocycles. The molecule has 0 amide bonds. The Labute approximate surface area is 117 Å². The van der Waals surface area contributed by atoms with Crippen molar-refractivity contribution >= 4 is 15.7 Å². The molecule has 0 radical (unpaired) electrons. The van der Waals surface area contributed by atoms with Crippen LogP contribution in [0.5, 0.6) is 0 Å². The number of rotatable bonds is 3. The molecule has 0 aliphatic rings. The highest BCUT2D eigenvalue weighted by Crippen LogP contribution is 2.15. The second-order valence-electron chi connectivity index (χ2n) is 3.88. The second kappa shape index (κ2) is 6.19. The van der Waals surface area contributed by atoms with Gasteiger partial charge in [0.05, 0.1) is 6.54 Å². The van der Waals surface area contributed by atoms with Gasteiger partial charge in [0.2, 0.25) is 0 Å². The van der Waals surface area contributed by atoms with Gasteiger partial charge in [-0.2, -0.15) is 0 Å². The quantitative estimate of drug-likeness (QED) is 0.830. The Bertz CT molecular complexity index is 729. The van der Waals surface area contributed by atoms with Crippen LogP contribution >= 0.6 is 0 Å². The average Bonchev–Trinajstić information content (AvgIpc) is 2.47. The first kappa shape index (κ1) is 14.1. The summed E-state index contributed by atoms with van der Waals surface area (Å²) in [5, 5.41) is 0. The van der Waals surface area contributed by atoms with Crippen LogP contribution in [0.2, 0.25) is 0 Å². The smallest absolute Gasteiger partial charge is 0.263 e. The number of sulfonamides is 1. The molecule has 0 atom stereocenters. The van der Waals surface area contributed by atoms with E-state index in [1.165, 1.54) is 18.5 Å². The molecule has 2 aromatic rings. The van der Waals surface area contributed by atoms with Gasteiger partial charge in [-0.1, -0.05) is 11.8 Å². The van der Waals surface area contributed by atoms with Crippen LogP contribution in [0.15, 0.2) is 53.7 Å². The lowest BCUT2D eigenvalue weighted by atomic mass is 10.2. The molecule has 0 aliphatic carbocycles. The zero-order valence-corrected chi connectivity index (χ0v) is 11.4. The van der Waals surface area contributed by atoms with Crippen LogP contribution < -0.4 is 10.5 Å². The third-order valence-corrected chi connectivity index (χ3v) is 3.78. The lowest BCUT2D eigenvalue weighted by Crippen LogP contribution is -2.12. The third kappa shape index (κ3) is 3.57. The molecule has 0 fully saturated rings. The molecule has 2 rings (SSSR count). The largest absolute Gasteiger partial charge is 0.320 e. The fraction of sp³-hybridized carbons (Fsp3) is 0.0714. The molecular formula is C14H13N3O2S. The highest BCUT2D eigenvalue weighted by molar-refractivity contribution is 7.92. The van der Waals surface area contributed by atoms with Crippen molar-refractivity contribution in [2.45, 2.75) is 4.90 Å². The predicted octanol–water partition coefficient (Wildman–Crippen LogP) is 1.19. The Kier molecular flexibility index (Phi) is 4.35. The van der Waals surface area contributed by atoms with E-state index in [0.717, 1.165) is 5.56 Å². The second-order valence-corrected chi connectivity index (χ2v) is 5.56. The van der Waals surface area contributed by atoms with Crippen molar-refractivity contribution in [2.75, 3.05) is 11.3 Å². The van der Waals surface area contributed by atoms with E-state index in [-0.39, 0.29) is 11.4 Å². The minimum Gasteiger partial charge on any atom is -0.320 e. The topological polar surface area (TPSA) is 85.1 Å². The monoisotopic (exact) mass is 287 g/mol. The number of pyridine rings is 1. The summed E-state index contributed by atoms with van der Waals surface area (Å²) < 4.78 is 26.6. The van der Waals surface area contributed by atoms with E-state index in [9.17, 15) is 8.42 Å². The number of hydrogen-bond donors (Lipinski definition) is 2. The molecule has 6 heteroatoms. The van der Waals surface area contributed by atoms with Crippen molar-refractivity contribution in [1.82, 2.24) is 4.98 Å². The summed E-state index contributed by atoms with van der Waals surface area (Å²) in [5.41, 5.74) is 6.53. The van der Waals surface area contributed by atoms with Gasteiger partial charge >= 0.3 is 0 Å². The Balaban J connectivity index is 2.18. The number of benzene rings is 1. The van der Waals surface area contributed by atoms with Gasteiger partial charge < -0.3 is 5.73 Å². The van der Waals surface area contributed by atoms with Crippen LogP contribution in [0, 0.1) is 11.8 Å². The number of hydrogen-bond acceptors (Lipinski definition) is 4. The predicted molar refractivity (Wildman–Crippen MR) is 77.4 cm³/mol. The SMILES string of the molecule is NCC#Cc1ccc(NS(=O)(=O)c2cccnc2)cc1. The van der Waals surface area contributed by atoms with Crippen LogP contribution in [-0.2, 0) is 10.0 Å². The molecule has 3 N–H and O–H groups in total. The lowest BCUT2D eigenvalue weighted by molar-refractivity contribution is 0.601. The molecule has 0 aliphatic heterocycles. The van der Waals surface area contributed by atoms with E-state index in [1.807, 2.05) is 0 Å². The summed E-state index contributed by atoms with van der Waals surface area (Å²) in [7, 11) is -3.61. The van der Waals surface area contributed by atoms with E-state index >= 15 is 0 Å². The molecule has 20 heavy (non-hydrogen) atoms. The molecule has 0 unspecified atom stereocenters. The highest BCUT2D eigenvalue weighted by Gasteiger charge is 2.13. The fourth-order valence-corrected chi connectivity index (χ4v) is 2.52. The Hall–Kier alpha value is -2.36. The zero-order chi connectivity index (χ0) is 14.4. The lowest BCUT2D eigenvalue weighted by Gasteiger charge is -2.07. The standard InChI is InChI=1S/C14H13N3O2S/c15-9-1-3-12-5-7-13(8-6-12)17-20(18,19)14-4-2-10-16-11-14/h2,4-8,10-11,17H,9,15H2. The number of nitrogens with zero attached hydrogens (tertiary/aromatic N) is 1. The van der Waals surface area contributed by atoms with Gasteiger partial charge in [0.25, 0.3) is 10.0 Å². The van der Waals surface area contributed by atoms with Crippen LogP contribution in [0.1, 0.15) is 5.56 Å². The Morgan fingerprint density at radius 1 is 1.20 bits per heavy atom. The highest BCUT2D eigenvalue weighted by atomic mass is 32.2. The first-order chi connectivity index (χ1) is 9.62. The van der Waals surface area contributed by atoms with E-state index in [1.54, 1.807) is 30.3 Å². The van der Waals surface area contributed by atoms with E-state index in [2.05, 4.69) is 21.5 Å². The molecule has 0 bridgehead atoms. The van der Waals surface area contributed by atoms with Crippen molar-refractivity contribution < 1.29 is 8.42 Å². The Morgan fingerprint density at radius 3 is 2.55 bits per heavy atom.